The van der Waals surface area contributed by atoms with Crippen molar-refractivity contribution >= 4 is 23.4 Å². The molecular formula is C16H14ClNO5. The Kier molecular flexibility index (Phi) is 5.54. The number of nitrogens with zero attached hydrogens (tertiary/aromatic N) is 1. The largest absolute Gasteiger partial charge is 0.493 e. The molecule has 0 bridgehead atoms. The number of carbonyl (C=O) groups excluding carboxylic acids is 2. The Bertz CT molecular complexity index is 732. The van der Waals surface area contributed by atoms with Crippen molar-refractivity contribution in [2.24, 2.45) is 0 Å². The number of halogens is 1. The van der Waals surface area contributed by atoms with Crippen molar-refractivity contribution in [3.05, 3.63) is 52.8 Å². The second-order valence-electron chi connectivity index (χ2n) is 4.43. The molecule has 0 amide bonds. The number of pyridine rings is 1. The predicted molar refractivity (Wildman–Crippen MR) is 83.4 cm³/mol. The van der Waals surface area contributed by atoms with E-state index in [9.17, 15) is 9.59 Å². The Morgan fingerprint density at radius 2 is 1.83 bits per heavy atom. The highest BCUT2D eigenvalue weighted by atomic mass is 35.5. The number of rotatable bonds is 6. The second-order valence-corrected chi connectivity index (χ2v) is 4.86. The highest BCUT2D eigenvalue weighted by molar-refractivity contribution is 6.30. The van der Waals surface area contributed by atoms with Gasteiger partial charge in [-0.15, -0.1) is 0 Å². The van der Waals surface area contributed by atoms with Crippen LogP contribution < -0.4 is 9.47 Å². The van der Waals surface area contributed by atoms with Crippen LogP contribution in [0.4, 0.5) is 0 Å². The maximum atomic E-state index is 12.1. The van der Waals surface area contributed by atoms with Crippen molar-refractivity contribution in [1.82, 2.24) is 4.98 Å². The van der Waals surface area contributed by atoms with E-state index in [1.165, 1.54) is 38.6 Å². The monoisotopic (exact) mass is 335 g/mol. The van der Waals surface area contributed by atoms with Crippen molar-refractivity contribution in [1.29, 1.82) is 0 Å². The van der Waals surface area contributed by atoms with E-state index in [2.05, 4.69) is 4.98 Å². The van der Waals surface area contributed by atoms with Crippen LogP contribution in [0.3, 0.4) is 0 Å². The number of aromatic nitrogens is 1. The van der Waals surface area contributed by atoms with Crippen molar-refractivity contribution in [2.75, 3.05) is 20.8 Å². The van der Waals surface area contributed by atoms with E-state index in [0.29, 0.717) is 22.1 Å². The molecular weight excluding hydrogens is 322 g/mol. The quantitative estimate of drug-likeness (QED) is 0.597. The molecule has 0 aliphatic heterocycles. The van der Waals surface area contributed by atoms with Gasteiger partial charge in [0.25, 0.3) is 0 Å². The van der Waals surface area contributed by atoms with Crippen LogP contribution in [0.2, 0.25) is 5.02 Å². The van der Waals surface area contributed by atoms with Gasteiger partial charge in [0.05, 0.1) is 14.2 Å². The topological polar surface area (TPSA) is 74.7 Å². The van der Waals surface area contributed by atoms with Crippen LogP contribution in [0.5, 0.6) is 11.5 Å². The molecule has 0 atom stereocenters. The molecule has 0 N–H and O–H groups in total. The molecule has 0 fully saturated rings. The van der Waals surface area contributed by atoms with Gasteiger partial charge in [0, 0.05) is 16.8 Å². The second kappa shape index (κ2) is 7.60. The molecule has 120 valence electrons. The van der Waals surface area contributed by atoms with E-state index in [1.807, 2.05) is 0 Å². The first-order valence-electron chi connectivity index (χ1n) is 6.59. The third-order valence-electron chi connectivity index (χ3n) is 2.97. The minimum absolute atomic E-state index is 0.0395. The molecule has 1 aromatic heterocycles. The zero-order chi connectivity index (χ0) is 16.8. The standard InChI is InChI=1S/C16H14ClNO5/c1-21-14-4-3-10(7-15(14)22-2)13(19)9-23-16(20)12-8-11(17)5-6-18-12/h3-8H,9H2,1-2H3. The van der Waals surface area contributed by atoms with E-state index >= 15 is 0 Å². The summed E-state index contributed by atoms with van der Waals surface area (Å²) in [4.78, 5) is 27.7. The van der Waals surface area contributed by atoms with Gasteiger partial charge in [0.2, 0.25) is 0 Å². The van der Waals surface area contributed by atoms with Crippen LogP contribution in [0.1, 0.15) is 20.8 Å². The summed E-state index contributed by atoms with van der Waals surface area (Å²) < 4.78 is 15.2. The fourth-order valence-corrected chi connectivity index (χ4v) is 1.97. The molecule has 0 aliphatic carbocycles. The zero-order valence-electron chi connectivity index (χ0n) is 12.5. The molecule has 0 radical (unpaired) electrons. The summed E-state index contributed by atoms with van der Waals surface area (Å²) in [7, 11) is 2.97. The fourth-order valence-electron chi connectivity index (χ4n) is 1.81. The van der Waals surface area contributed by atoms with Crippen LogP contribution in [0, 0.1) is 0 Å². The van der Waals surface area contributed by atoms with Crippen LogP contribution >= 0.6 is 11.6 Å². The maximum absolute atomic E-state index is 12.1. The summed E-state index contributed by atoms with van der Waals surface area (Å²) in [5, 5.41) is 0.359. The molecule has 7 heteroatoms. The highest BCUT2D eigenvalue weighted by Gasteiger charge is 2.15. The van der Waals surface area contributed by atoms with E-state index in [-0.39, 0.29) is 11.5 Å². The molecule has 2 rings (SSSR count). The summed E-state index contributed by atoms with van der Waals surface area (Å²) >= 11 is 5.77. The minimum Gasteiger partial charge on any atom is -0.493 e. The summed E-state index contributed by atoms with van der Waals surface area (Å²) in [6, 6.07) is 7.59. The lowest BCUT2D eigenvalue weighted by atomic mass is 10.1. The molecule has 0 aliphatic rings. The van der Waals surface area contributed by atoms with Gasteiger partial charge in [0.1, 0.15) is 5.69 Å². The van der Waals surface area contributed by atoms with Crippen molar-refractivity contribution in [3.63, 3.8) is 0 Å². The third kappa shape index (κ3) is 4.20. The lowest BCUT2D eigenvalue weighted by Crippen LogP contribution is -2.15. The van der Waals surface area contributed by atoms with Crippen LogP contribution in [0.25, 0.3) is 0 Å². The summed E-state index contributed by atoms with van der Waals surface area (Å²) in [5.74, 6) is -0.173. The van der Waals surface area contributed by atoms with E-state index in [4.69, 9.17) is 25.8 Å². The first kappa shape index (κ1) is 16.8. The summed E-state index contributed by atoms with van der Waals surface area (Å²) in [6.07, 6.45) is 1.38. The number of esters is 1. The number of methoxy groups -OCH3 is 2. The van der Waals surface area contributed by atoms with Gasteiger partial charge in [0.15, 0.2) is 23.9 Å². The Balaban J connectivity index is 2.03. The summed E-state index contributed by atoms with van der Waals surface area (Å²) in [5.41, 5.74) is 0.382. The number of carbonyl (C=O) groups is 2. The Hall–Kier alpha value is -2.60. The molecule has 6 nitrogen and oxygen atoms in total. The number of Topliss-reactive ketones (excluding diaryl/α,β-unsaturated/α-hetero) is 1. The number of benzene rings is 1. The molecule has 2 aromatic rings. The SMILES string of the molecule is COc1ccc(C(=O)COC(=O)c2cc(Cl)ccn2)cc1OC. The molecule has 0 saturated heterocycles. The van der Waals surface area contributed by atoms with Crippen LogP contribution in [-0.4, -0.2) is 37.6 Å². The molecule has 0 unspecified atom stereocenters. The van der Waals surface area contributed by atoms with Gasteiger partial charge in [-0.25, -0.2) is 9.78 Å². The smallest absolute Gasteiger partial charge is 0.357 e. The van der Waals surface area contributed by atoms with E-state index in [0.717, 1.165) is 0 Å². The fraction of sp³-hybridized carbons (Fsp3) is 0.188. The van der Waals surface area contributed by atoms with Crippen LogP contribution in [-0.2, 0) is 4.74 Å². The number of hydrogen-bond acceptors (Lipinski definition) is 6. The predicted octanol–water partition coefficient (Wildman–Crippen LogP) is 2.79. The average Bonchev–Trinajstić information content (AvgIpc) is 2.58. The van der Waals surface area contributed by atoms with Gasteiger partial charge < -0.3 is 14.2 Å². The Labute approximate surface area is 137 Å². The number of hydrogen-bond donors (Lipinski definition) is 0. The van der Waals surface area contributed by atoms with Crippen molar-refractivity contribution < 1.29 is 23.8 Å². The van der Waals surface area contributed by atoms with Crippen molar-refractivity contribution in [2.45, 2.75) is 0 Å². The van der Waals surface area contributed by atoms with Gasteiger partial charge in [-0.05, 0) is 30.3 Å². The lowest BCUT2D eigenvalue weighted by Gasteiger charge is -2.09. The van der Waals surface area contributed by atoms with Gasteiger partial charge in [-0.1, -0.05) is 11.6 Å². The third-order valence-corrected chi connectivity index (χ3v) is 3.21. The van der Waals surface area contributed by atoms with Crippen molar-refractivity contribution in [3.8, 4) is 11.5 Å². The van der Waals surface area contributed by atoms with E-state index < -0.39 is 12.6 Å². The lowest BCUT2D eigenvalue weighted by molar-refractivity contribution is 0.0469. The minimum atomic E-state index is -0.721. The molecule has 1 aromatic carbocycles. The first-order chi connectivity index (χ1) is 11.0. The van der Waals surface area contributed by atoms with E-state index in [1.54, 1.807) is 12.1 Å². The number of ether oxygens (including phenoxy) is 3. The first-order valence-corrected chi connectivity index (χ1v) is 6.97. The molecule has 0 spiro atoms. The molecule has 1 heterocycles. The zero-order valence-corrected chi connectivity index (χ0v) is 13.3. The van der Waals surface area contributed by atoms with Gasteiger partial charge >= 0.3 is 5.97 Å². The molecule has 0 saturated carbocycles. The summed E-state index contributed by atoms with van der Waals surface area (Å²) in [6.45, 7) is -0.414. The molecule has 23 heavy (non-hydrogen) atoms. The Morgan fingerprint density at radius 3 is 2.48 bits per heavy atom. The van der Waals surface area contributed by atoms with Crippen LogP contribution in [0.15, 0.2) is 36.5 Å². The van der Waals surface area contributed by atoms with Gasteiger partial charge in [-0.2, -0.15) is 0 Å². The normalized spacial score (nSPS) is 10.0. The highest BCUT2D eigenvalue weighted by Crippen LogP contribution is 2.27. The number of ketones is 1. The average molecular weight is 336 g/mol. The van der Waals surface area contributed by atoms with Gasteiger partial charge in [-0.3, -0.25) is 4.79 Å². The maximum Gasteiger partial charge on any atom is 0.357 e. The Morgan fingerprint density at radius 1 is 1.09 bits per heavy atom.